The van der Waals surface area contributed by atoms with Gasteiger partial charge in [-0.1, -0.05) is 23.7 Å². The molecule has 0 radical (unpaired) electrons. The lowest BCUT2D eigenvalue weighted by atomic mass is 9.49. The van der Waals surface area contributed by atoms with E-state index >= 15 is 0 Å². The number of amides is 2. The monoisotopic (exact) mass is 442 g/mol. The van der Waals surface area contributed by atoms with Gasteiger partial charge in [-0.3, -0.25) is 9.59 Å². The third kappa shape index (κ3) is 3.90. The highest BCUT2D eigenvalue weighted by Crippen LogP contribution is 2.60. The molecule has 1 heterocycles. The van der Waals surface area contributed by atoms with Crippen LogP contribution in [0.25, 0.3) is 0 Å². The molecule has 4 saturated carbocycles. The molecule has 2 amide bonds. The van der Waals surface area contributed by atoms with Crippen LogP contribution in [0.2, 0.25) is 5.02 Å². The van der Waals surface area contributed by atoms with E-state index in [9.17, 15) is 9.59 Å². The first kappa shape index (κ1) is 20.1. The van der Waals surface area contributed by atoms with Gasteiger partial charge in [0.05, 0.1) is 12.6 Å². The molecule has 6 rings (SSSR count). The van der Waals surface area contributed by atoms with Crippen LogP contribution in [0.1, 0.15) is 55.7 Å². The van der Waals surface area contributed by atoms with E-state index in [0.717, 1.165) is 30.4 Å². The van der Waals surface area contributed by atoms with Gasteiger partial charge in [-0.2, -0.15) is 11.3 Å². The van der Waals surface area contributed by atoms with Crippen molar-refractivity contribution in [3.8, 4) is 0 Å². The van der Waals surface area contributed by atoms with Gasteiger partial charge in [0.2, 0.25) is 11.8 Å². The second kappa shape index (κ2) is 8.01. The average molecular weight is 443 g/mol. The highest BCUT2D eigenvalue weighted by Gasteiger charge is 2.54. The molecule has 2 N–H and O–H groups in total. The maximum absolute atomic E-state index is 13.1. The predicted molar refractivity (Wildman–Crippen MR) is 119 cm³/mol. The van der Waals surface area contributed by atoms with E-state index in [1.54, 1.807) is 11.3 Å². The minimum Gasteiger partial charge on any atom is -0.347 e. The van der Waals surface area contributed by atoms with Crippen molar-refractivity contribution >= 4 is 34.8 Å². The van der Waals surface area contributed by atoms with Crippen LogP contribution in [0.15, 0.2) is 41.1 Å². The van der Waals surface area contributed by atoms with Crippen molar-refractivity contribution in [2.45, 2.75) is 44.6 Å². The first-order valence-electron chi connectivity index (χ1n) is 10.9. The summed E-state index contributed by atoms with van der Waals surface area (Å²) in [6.07, 6.45) is 6.93. The Hall–Kier alpha value is -1.85. The summed E-state index contributed by atoms with van der Waals surface area (Å²) in [6, 6.07) is 9.28. The van der Waals surface area contributed by atoms with E-state index < -0.39 is 0 Å². The van der Waals surface area contributed by atoms with Crippen LogP contribution in [0.5, 0.6) is 0 Å². The third-order valence-corrected chi connectivity index (χ3v) is 8.27. The second-order valence-electron chi connectivity index (χ2n) is 9.49. The van der Waals surface area contributed by atoms with Gasteiger partial charge < -0.3 is 10.6 Å². The summed E-state index contributed by atoms with van der Waals surface area (Å²) in [7, 11) is 0. The van der Waals surface area contributed by atoms with Crippen molar-refractivity contribution < 1.29 is 9.59 Å². The third-order valence-electron chi connectivity index (χ3n) is 7.31. The molecule has 1 aromatic heterocycles. The van der Waals surface area contributed by atoms with Crippen LogP contribution < -0.4 is 10.6 Å². The fraction of sp³-hybridized carbons (Fsp3) is 0.500. The van der Waals surface area contributed by atoms with Gasteiger partial charge in [0, 0.05) is 10.4 Å². The lowest BCUT2D eigenvalue weighted by Crippen LogP contribution is -2.54. The number of rotatable bonds is 6. The van der Waals surface area contributed by atoms with Crippen LogP contribution in [0, 0.1) is 23.2 Å². The molecular weight excluding hydrogens is 416 g/mol. The zero-order chi connectivity index (χ0) is 20.7. The summed E-state index contributed by atoms with van der Waals surface area (Å²) in [6.45, 7) is 0.0226. The van der Waals surface area contributed by atoms with Gasteiger partial charge in [-0.15, -0.1) is 0 Å². The average Bonchev–Trinajstić information content (AvgIpc) is 3.24. The van der Waals surface area contributed by atoms with Crippen molar-refractivity contribution in [2.75, 3.05) is 6.54 Å². The second-order valence-corrected chi connectivity index (χ2v) is 10.7. The molecule has 1 unspecified atom stereocenters. The molecule has 4 fully saturated rings. The number of hydrogen-bond acceptors (Lipinski definition) is 3. The predicted octanol–water partition coefficient (Wildman–Crippen LogP) is 4.94. The molecule has 0 saturated heterocycles. The Morgan fingerprint density at radius 2 is 1.63 bits per heavy atom. The standard InChI is InChI=1S/C24H27ClN2O2S/c25-20-3-1-18(2-4-20)22(19-5-6-30-14-19)27-21(28)13-26-23(29)24-10-15-7-16(11-24)9-17(8-15)12-24/h1-6,14-17,22H,7-13H2,(H,26,29)(H,27,28). The van der Waals surface area contributed by atoms with Crippen LogP contribution in [-0.2, 0) is 9.59 Å². The Morgan fingerprint density at radius 1 is 1.00 bits per heavy atom. The van der Waals surface area contributed by atoms with Crippen LogP contribution in [0.3, 0.4) is 0 Å². The summed E-state index contributed by atoms with van der Waals surface area (Å²) in [5.74, 6) is 2.06. The van der Waals surface area contributed by atoms with Crippen LogP contribution in [-0.4, -0.2) is 18.4 Å². The molecule has 6 heteroatoms. The van der Waals surface area contributed by atoms with E-state index in [-0.39, 0.29) is 29.8 Å². The smallest absolute Gasteiger partial charge is 0.240 e. The molecule has 2 aromatic rings. The van der Waals surface area contributed by atoms with Crippen molar-refractivity contribution in [1.82, 2.24) is 10.6 Å². The highest BCUT2D eigenvalue weighted by atomic mass is 35.5. The summed E-state index contributed by atoms with van der Waals surface area (Å²) in [5, 5.41) is 10.8. The normalized spacial score (nSPS) is 30.1. The minimum atomic E-state index is -0.252. The highest BCUT2D eigenvalue weighted by molar-refractivity contribution is 7.08. The van der Waals surface area contributed by atoms with Gasteiger partial charge in [0.25, 0.3) is 0 Å². The first-order chi connectivity index (χ1) is 14.5. The fourth-order valence-electron chi connectivity index (χ4n) is 6.40. The van der Waals surface area contributed by atoms with Crippen molar-refractivity contribution in [1.29, 1.82) is 0 Å². The molecule has 4 bridgehead atoms. The minimum absolute atomic E-state index is 0.0226. The molecule has 30 heavy (non-hydrogen) atoms. The Balaban J connectivity index is 1.23. The number of hydrogen-bond donors (Lipinski definition) is 2. The van der Waals surface area contributed by atoms with E-state index in [2.05, 4.69) is 10.6 Å². The number of halogens is 1. The number of benzene rings is 1. The Kier molecular flexibility index (Phi) is 5.36. The summed E-state index contributed by atoms with van der Waals surface area (Å²) < 4.78 is 0. The summed E-state index contributed by atoms with van der Waals surface area (Å²) in [4.78, 5) is 25.9. The molecule has 4 aliphatic carbocycles. The number of carbonyl (C=O) groups excluding carboxylic acids is 2. The molecular formula is C24H27ClN2O2S. The van der Waals surface area contributed by atoms with E-state index in [0.29, 0.717) is 22.8 Å². The summed E-state index contributed by atoms with van der Waals surface area (Å²) in [5.41, 5.74) is 1.78. The fourth-order valence-corrected chi connectivity index (χ4v) is 7.21. The van der Waals surface area contributed by atoms with Gasteiger partial charge in [-0.05, 0) is 96.4 Å². The summed E-state index contributed by atoms with van der Waals surface area (Å²) >= 11 is 7.62. The number of thiophene rings is 1. The molecule has 4 aliphatic rings. The van der Waals surface area contributed by atoms with Gasteiger partial charge in [0.15, 0.2) is 0 Å². The molecule has 4 nitrogen and oxygen atoms in total. The van der Waals surface area contributed by atoms with Gasteiger partial charge in [-0.25, -0.2) is 0 Å². The molecule has 0 aliphatic heterocycles. The van der Waals surface area contributed by atoms with Crippen LogP contribution in [0.4, 0.5) is 0 Å². The largest absolute Gasteiger partial charge is 0.347 e. The van der Waals surface area contributed by atoms with Gasteiger partial charge in [0.1, 0.15) is 0 Å². The van der Waals surface area contributed by atoms with Crippen molar-refractivity contribution in [3.05, 3.63) is 57.2 Å². The SMILES string of the molecule is O=C(CNC(=O)C12CC3CC(CC(C3)C1)C2)NC(c1ccc(Cl)cc1)c1ccsc1. The van der Waals surface area contributed by atoms with E-state index in [1.165, 1.54) is 19.3 Å². The van der Waals surface area contributed by atoms with E-state index in [4.69, 9.17) is 11.6 Å². The zero-order valence-electron chi connectivity index (χ0n) is 16.9. The topological polar surface area (TPSA) is 58.2 Å². The number of carbonyl (C=O) groups is 2. The first-order valence-corrected chi connectivity index (χ1v) is 12.2. The van der Waals surface area contributed by atoms with Crippen molar-refractivity contribution in [2.24, 2.45) is 23.2 Å². The lowest BCUT2D eigenvalue weighted by molar-refractivity contribution is -0.147. The quantitative estimate of drug-likeness (QED) is 0.665. The maximum atomic E-state index is 13.1. The zero-order valence-corrected chi connectivity index (χ0v) is 18.5. The Morgan fingerprint density at radius 3 is 2.20 bits per heavy atom. The van der Waals surface area contributed by atoms with Crippen LogP contribution >= 0.6 is 22.9 Å². The Bertz CT molecular complexity index is 890. The molecule has 0 spiro atoms. The lowest BCUT2D eigenvalue weighted by Gasteiger charge is -2.55. The van der Waals surface area contributed by atoms with Crippen molar-refractivity contribution in [3.63, 3.8) is 0 Å². The molecule has 1 atom stereocenters. The molecule has 1 aromatic carbocycles. The Labute approximate surface area is 186 Å². The molecule has 158 valence electrons. The van der Waals surface area contributed by atoms with E-state index in [1.807, 2.05) is 41.1 Å². The van der Waals surface area contributed by atoms with Gasteiger partial charge >= 0.3 is 0 Å². The number of nitrogens with one attached hydrogen (secondary N) is 2. The maximum Gasteiger partial charge on any atom is 0.240 e.